The summed E-state index contributed by atoms with van der Waals surface area (Å²) in [6.45, 7) is 0.676. The lowest BCUT2D eigenvalue weighted by Gasteiger charge is -2.17. The third kappa shape index (κ3) is 4.28. The minimum atomic E-state index is -0.921. The minimum Gasteiger partial charge on any atom is -0.497 e. The standard InChI is InChI=1S/C20H20FN3O4/c1-28-15-5-2-12(3-6-15)10-24-11-13(8-18(24)25)20(27)23-14-4-7-17(21)16(9-14)19(22)26/h2-7,9,13H,8,10-11H2,1H3,(H2,22,26)(H,23,27). The van der Waals surface area contributed by atoms with Crippen LogP contribution < -0.4 is 15.8 Å². The van der Waals surface area contributed by atoms with Crippen LogP contribution in [0, 0.1) is 11.7 Å². The maximum Gasteiger partial charge on any atom is 0.251 e. The van der Waals surface area contributed by atoms with Crippen molar-refractivity contribution in [1.82, 2.24) is 4.90 Å². The van der Waals surface area contributed by atoms with Gasteiger partial charge in [0.25, 0.3) is 5.91 Å². The summed E-state index contributed by atoms with van der Waals surface area (Å²) in [7, 11) is 1.58. The molecule has 0 saturated carbocycles. The first kappa shape index (κ1) is 19.3. The van der Waals surface area contributed by atoms with Crippen LogP contribution in [0.25, 0.3) is 0 Å². The molecule has 0 radical (unpaired) electrons. The monoisotopic (exact) mass is 385 g/mol. The molecule has 7 nitrogen and oxygen atoms in total. The van der Waals surface area contributed by atoms with Gasteiger partial charge >= 0.3 is 0 Å². The maximum absolute atomic E-state index is 13.5. The quantitative estimate of drug-likeness (QED) is 0.793. The van der Waals surface area contributed by atoms with E-state index in [1.165, 1.54) is 12.1 Å². The first-order chi connectivity index (χ1) is 13.4. The number of nitrogens with one attached hydrogen (secondary N) is 1. The number of methoxy groups -OCH3 is 1. The van der Waals surface area contributed by atoms with Crippen molar-refractivity contribution in [3.63, 3.8) is 0 Å². The van der Waals surface area contributed by atoms with E-state index >= 15 is 0 Å². The molecular formula is C20H20FN3O4. The number of amides is 3. The zero-order valence-electron chi connectivity index (χ0n) is 15.3. The van der Waals surface area contributed by atoms with E-state index in [1.54, 1.807) is 12.0 Å². The van der Waals surface area contributed by atoms with Crippen LogP contribution >= 0.6 is 0 Å². The normalized spacial score (nSPS) is 16.1. The van der Waals surface area contributed by atoms with Gasteiger partial charge < -0.3 is 20.7 Å². The maximum atomic E-state index is 13.5. The summed E-state index contributed by atoms with van der Waals surface area (Å²) in [4.78, 5) is 37.6. The number of anilines is 1. The molecular weight excluding hydrogens is 365 g/mol. The average molecular weight is 385 g/mol. The largest absolute Gasteiger partial charge is 0.497 e. The number of carbonyl (C=O) groups is 3. The van der Waals surface area contributed by atoms with Gasteiger partial charge in [-0.1, -0.05) is 12.1 Å². The number of primary amides is 1. The molecule has 2 aromatic rings. The third-order valence-corrected chi connectivity index (χ3v) is 4.62. The molecule has 1 saturated heterocycles. The zero-order valence-corrected chi connectivity index (χ0v) is 15.3. The average Bonchev–Trinajstić information content (AvgIpc) is 3.04. The third-order valence-electron chi connectivity index (χ3n) is 4.62. The van der Waals surface area contributed by atoms with E-state index in [4.69, 9.17) is 10.5 Å². The molecule has 1 fully saturated rings. The fourth-order valence-corrected chi connectivity index (χ4v) is 3.09. The molecule has 1 aliphatic heterocycles. The lowest BCUT2D eigenvalue weighted by Crippen LogP contribution is -2.28. The zero-order chi connectivity index (χ0) is 20.3. The summed E-state index contributed by atoms with van der Waals surface area (Å²) in [5, 5.41) is 2.62. The molecule has 146 valence electrons. The van der Waals surface area contributed by atoms with E-state index in [0.717, 1.165) is 17.4 Å². The predicted molar refractivity (Wildman–Crippen MR) is 100 cm³/mol. The first-order valence-corrected chi connectivity index (χ1v) is 8.68. The topological polar surface area (TPSA) is 102 Å². The smallest absolute Gasteiger partial charge is 0.251 e. The van der Waals surface area contributed by atoms with Crippen LogP contribution in [0.5, 0.6) is 5.75 Å². The Kier molecular flexibility index (Phi) is 5.58. The summed E-state index contributed by atoms with van der Waals surface area (Å²) in [5.74, 6) is -1.97. The van der Waals surface area contributed by atoms with E-state index in [0.29, 0.717) is 6.54 Å². The fraction of sp³-hybridized carbons (Fsp3) is 0.250. The SMILES string of the molecule is COc1ccc(CN2CC(C(=O)Nc3ccc(F)c(C(N)=O)c3)CC2=O)cc1. The molecule has 3 N–H and O–H groups in total. The van der Waals surface area contributed by atoms with Crippen LogP contribution in [0.15, 0.2) is 42.5 Å². The number of hydrogen-bond donors (Lipinski definition) is 2. The Labute approximate surface area is 161 Å². The highest BCUT2D eigenvalue weighted by Gasteiger charge is 2.34. The van der Waals surface area contributed by atoms with Crippen molar-refractivity contribution < 1.29 is 23.5 Å². The Hall–Kier alpha value is -3.42. The second-order valence-corrected chi connectivity index (χ2v) is 6.57. The Morgan fingerprint density at radius 3 is 2.61 bits per heavy atom. The molecule has 0 aromatic heterocycles. The summed E-state index contributed by atoms with van der Waals surface area (Å²) >= 11 is 0. The highest BCUT2D eigenvalue weighted by atomic mass is 19.1. The fourth-order valence-electron chi connectivity index (χ4n) is 3.09. The van der Waals surface area contributed by atoms with E-state index in [-0.39, 0.29) is 36.0 Å². The van der Waals surface area contributed by atoms with Gasteiger partial charge in [0.15, 0.2) is 0 Å². The summed E-state index contributed by atoms with van der Waals surface area (Å²) in [5.41, 5.74) is 5.99. The van der Waals surface area contributed by atoms with Crippen molar-refractivity contribution in [2.75, 3.05) is 19.0 Å². The van der Waals surface area contributed by atoms with Crippen LogP contribution in [0.4, 0.5) is 10.1 Å². The summed E-state index contributed by atoms with van der Waals surface area (Å²) < 4.78 is 18.7. The number of likely N-dealkylation sites (tertiary alicyclic amines) is 1. The van der Waals surface area contributed by atoms with Gasteiger partial charge in [0.2, 0.25) is 11.8 Å². The number of nitrogens with zero attached hydrogens (tertiary/aromatic N) is 1. The van der Waals surface area contributed by atoms with Crippen LogP contribution in [-0.2, 0) is 16.1 Å². The van der Waals surface area contributed by atoms with E-state index < -0.39 is 17.6 Å². The van der Waals surface area contributed by atoms with Crippen LogP contribution in [0.3, 0.4) is 0 Å². The second kappa shape index (κ2) is 8.08. The number of halogens is 1. The molecule has 1 unspecified atom stereocenters. The van der Waals surface area contributed by atoms with Crippen molar-refractivity contribution in [3.8, 4) is 5.75 Å². The number of carbonyl (C=O) groups excluding carboxylic acids is 3. The number of benzene rings is 2. The van der Waals surface area contributed by atoms with E-state index in [2.05, 4.69) is 5.32 Å². The Morgan fingerprint density at radius 1 is 1.25 bits per heavy atom. The van der Waals surface area contributed by atoms with Crippen LogP contribution in [-0.4, -0.2) is 36.3 Å². The highest BCUT2D eigenvalue weighted by molar-refractivity contribution is 5.99. The van der Waals surface area contributed by atoms with Crippen molar-refractivity contribution >= 4 is 23.4 Å². The summed E-state index contributed by atoms with van der Waals surface area (Å²) in [6.07, 6.45) is 0.0891. The lowest BCUT2D eigenvalue weighted by atomic mass is 10.1. The second-order valence-electron chi connectivity index (χ2n) is 6.57. The van der Waals surface area contributed by atoms with Crippen LogP contribution in [0.2, 0.25) is 0 Å². The lowest BCUT2D eigenvalue weighted by molar-refractivity contribution is -0.128. The van der Waals surface area contributed by atoms with E-state index in [9.17, 15) is 18.8 Å². The van der Waals surface area contributed by atoms with Gasteiger partial charge in [0.05, 0.1) is 18.6 Å². The van der Waals surface area contributed by atoms with Gasteiger partial charge in [-0.3, -0.25) is 14.4 Å². The van der Waals surface area contributed by atoms with Crippen molar-refractivity contribution in [3.05, 3.63) is 59.4 Å². The van der Waals surface area contributed by atoms with Crippen LogP contribution in [0.1, 0.15) is 22.3 Å². The van der Waals surface area contributed by atoms with Gasteiger partial charge in [-0.05, 0) is 35.9 Å². The van der Waals surface area contributed by atoms with Crippen molar-refractivity contribution in [2.45, 2.75) is 13.0 Å². The van der Waals surface area contributed by atoms with E-state index in [1.807, 2.05) is 24.3 Å². The molecule has 8 heteroatoms. The van der Waals surface area contributed by atoms with Crippen molar-refractivity contribution in [1.29, 1.82) is 0 Å². The number of ether oxygens (including phenoxy) is 1. The highest BCUT2D eigenvalue weighted by Crippen LogP contribution is 2.23. The van der Waals surface area contributed by atoms with Gasteiger partial charge in [-0.2, -0.15) is 0 Å². The van der Waals surface area contributed by atoms with Gasteiger partial charge in [0.1, 0.15) is 11.6 Å². The molecule has 0 aliphatic carbocycles. The molecule has 3 rings (SSSR count). The van der Waals surface area contributed by atoms with Gasteiger partial charge in [-0.15, -0.1) is 0 Å². The molecule has 28 heavy (non-hydrogen) atoms. The molecule has 2 aromatic carbocycles. The first-order valence-electron chi connectivity index (χ1n) is 8.68. The van der Waals surface area contributed by atoms with Crippen molar-refractivity contribution in [2.24, 2.45) is 11.7 Å². The Balaban J connectivity index is 1.63. The molecule has 1 atom stereocenters. The number of hydrogen-bond acceptors (Lipinski definition) is 4. The molecule has 3 amide bonds. The number of nitrogens with two attached hydrogens (primary N) is 1. The molecule has 0 bridgehead atoms. The Morgan fingerprint density at radius 2 is 1.96 bits per heavy atom. The Bertz CT molecular complexity index is 914. The molecule has 0 spiro atoms. The van der Waals surface area contributed by atoms with Gasteiger partial charge in [-0.25, -0.2) is 4.39 Å². The predicted octanol–water partition coefficient (Wildman–Crippen LogP) is 1.92. The molecule has 1 aliphatic rings. The molecule has 1 heterocycles. The van der Waals surface area contributed by atoms with Gasteiger partial charge in [0, 0.05) is 25.2 Å². The minimum absolute atomic E-state index is 0.0891. The summed E-state index contributed by atoms with van der Waals surface area (Å²) in [6, 6.07) is 10.9. The number of rotatable bonds is 6.